The van der Waals surface area contributed by atoms with Crippen LogP contribution in [0.2, 0.25) is 0 Å². The second kappa shape index (κ2) is 15.3. The van der Waals surface area contributed by atoms with E-state index in [0.29, 0.717) is 77.5 Å². The lowest BCUT2D eigenvalue weighted by atomic mass is 10.1. The van der Waals surface area contributed by atoms with Gasteiger partial charge in [-0.15, -0.1) is 0 Å². The summed E-state index contributed by atoms with van der Waals surface area (Å²) in [5, 5.41) is 14.6. The van der Waals surface area contributed by atoms with Crippen molar-refractivity contribution >= 4 is 41.6 Å². The maximum Gasteiger partial charge on any atom is 0.407 e. The molecule has 4 aliphatic heterocycles. The van der Waals surface area contributed by atoms with Gasteiger partial charge in [-0.1, -0.05) is 30.3 Å². The molecule has 3 N–H and O–H groups in total. The van der Waals surface area contributed by atoms with E-state index < -0.39 is 54.0 Å². The summed E-state index contributed by atoms with van der Waals surface area (Å²) in [7, 11) is 0. The van der Waals surface area contributed by atoms with Crippen LogP contribution in [0.5, 0.6) is 0 Å². The van der Waals surface area contributed by atoms with Crippen molar-refractivity contribution in [3.63, 3.8) is 0 Å². The van der Waals surface area contributed by atoms with Gasteiger partial charge < -0.3 is 40.1 Å². The molecule has 4 aliphatic rings. The molecule has 0 unspecified atom stereocenters. The van der Waals surface area contributed by atoms with E-state index in [1.807, 2.05) is 30.3 Å². The van der Waals surface area contributed by atoms with Gasteiger partial charge in [0.25, 0.3) is 0 Å². The summed E-state index contributed by atoms with van der Waals surface area (Å²) in [5.41, 5.74) is 0.802. The zero-order valence-corrected chi connectivity index (χ0v) is 26.3. The third-order valence-electron chi connectivity index (χ3n) is 9.39. The molecule has 0 aliphatic carbocycles. The number of likely N-dealkylation sites (tertiary alicyclic amines) is 4. The van der Waals surface area contributed by atoms with Crippen LogP contribution in [0.4, 0.5) is 4.79 Å². The molecule has 0 bridgehead atoms. The Kier molecular flexibility index (Phi) is 10.9. The minimum absolute atomic E-state index is 0.0538. The molecule has 15 nitrogen and oxygen atoms in total. The van der Waals surface area contributed by atoms with Gasteiger partial charge in [-0.3, -0.25) is 24.0 Å². The van der Waals surface area contributed by atoms with Crippen LogP contribution >= 0.6 is 0 Å². The van der Waals surface area contributed by atoms with Crippen LogP contribution in [0.1, 0.15) is 56.9 Å². The molecular weight excluding hydrogens is 612 g/mol. The Balaban J connectivity index is 1.10. The van der Waals surface area contributed by atoms with Crippen molar-refractivity contribution in [2.24, 2.45) is 0 Å². The SMILES string of the molecule is O=C(NCC(=O)N1CCC[C@@H]1C(=O)N1CCC[C@@H]1C(=O)NCC(=O)N1CCC[C@H]1C(=O)N1CCC[C@H]1C(=O)O)OCc1ccccc1. The first-order chi connectivity index (χ1) is 22.7. The fourth-order valence-electron chi connectivity index (χ4n) is 7.02. The smallest absolute Gasteiger partial charge is 0.407 e. The van der Waals surface area contributed by atoms with E-state index in [4.69, 9.17) is 4.74 Å². The zero-order valence-electron chi connectivity index (χ0n) is 26.3. The molecule has 15 heteroatoms. The summed E-state index contributed by atoms with van der Waals surface area (Å²) < 4.78 is 5.16. The Bertz CT molecular complexity index is 1370. The number of carboxylic acids is 1. The average molecular weight is 655 g/mol. The predicted octanol–water partition coefficient (Wildman–Crippen LogP) is 0.0776. The van der Waals surface area contributed by atoms with Gasteiger partial charge in [-0.2, -0.15) is 0 Å². The fraction of sp³-hybridized carbons (Fsp3) is 0.594. The van der Waals surface area contributed by atoms with Crippen LogP contribution in [0.15, 0.2) is 30.3 Å². The highest BCUT2D eigenvalue weighted by atomic mass is 16.5. The normalized spacial score (nSPS) is 23.9. The first-order valence-electron chi connectivity index (χ1n) is 16.3. The lowest BCUT2D eigenvalue weighted by Gasteiger charge is -2.31. The van der Waals surface area contributed by atoms with Crippen LogP contribution in [-0.4, -0.2) is 130 Å². The van der Waals surface area contributed by atoms with Crippen molar-refractivity contribution in [3.8, 4) is 0 Å². The van der Waals surface area contributed by atoms with Crippen molar-refractivity contribution in [1.29, 1.82) is 0 Å². The number of hydrogen-bond acceptors (Lipinski definition) is 8. The number of hydrogen-bond donors (Lipinski definition) is 3. The number of carboxylic acid groups (broad SMARTS) is 1. The first kappa shape index (κ1) is 33.7. The van der Waals surface area contributed by atoms with Crippen molar-refractivity contribution in [3.05, 3.63) is 35.9 Å². The standard InChI is InChI=1S/C32H42N6O9/c39-26(35-14-6-12-24(35)30(43)38-17-7-13-25(38)31(44)45)18-33-28(41)22-10-4-16-37(22)29(42)23-11-5-15-36(23)27(40)19-34-32(46)47-20-21-8-2-1-3-9-21/h1-3,8-9,22-25H,4-7,10-20H2,(H,33,41)(H,34,46)(H,44,45)/t22-,23-,24+,25+/m1/s1. The third kappa shape index (κ3) is 7.83. The molecule has 6 amide bonds. The highest BCUT2D eigenvalue weighted by Crippen LogP contribution is 2.27. The number of aliphatic carboxylic acids is 1. The van der Waals surface area contributed by atoms with E-state index in [-0.39, 0.29) is 31.5 Å². The number of nitrogens with zero attached hydrogens (tertiary/aromatic N) is 4. The van der Waals surface area contributed by atoms with E-state index in [2.05, 4.69) is 10.6 Å². The van der Waals surface area contributed by atoms with Crippen LogP contribution in [0.25, 0.3) is 0 Å². The zero-order chi connectivity index (χ0) is 33.5. The second-order valence-electron chi connectivity index (χ2n) is 12.3. The molecule has 0 radical (unpaired) electrons. The summed E-state index contributed by atoms with van der Waals surface area (Å²) in [6.07, 6.45) is 3.23. The van der Waals surface area contributed by atoms with E-state index in [1.165, 1.54) is 19.6 Å². The number of nitrogens with one attached hydrogen (secondary N) is 2. The highest BCUT2D eigenvalue weighted by molar-refractivity contribution is 5.96. The van der Waals surface area contributed by atoms with Gasteiger partial charge in [0.1, 0.15) is 37.3 Å². The van der Waals surface area contributed by atoms with Gasteiger partial charge >= 0.3 is 12.1 Å². The van der Waals surface area contributed by atoms with Gasteiger partial charge in [0.2, 0.25) is 29.5 Å². The molecule has 0 spiro atoms. The Morgan fingerprint density at radius 2 is 1.11 bits per heavy atom. The maximum absolute atomic E-state index is 13.6. The molecular formula is C32H42N6O9. The predicted molar refractivity (Wildman–Crippen MR) is 164 cm³/mol. The van der Waals surface area contributed by atoms with Gasteiger partial charge in [-0.25, -0.2) is 9.59 Å². The number of benzene rings is 1. The highest BCUT2D eigenvalue weighted by Gasteiger charge is 2.44. The van der Waals surface area contributed by atoms with E-state index in [0.717, 1.165) is 5.56 Å². The van der Waals surface area contributed by atoms with Crippen LogP contribution in [0.3, 0.4) is 0 Å². The number of amides is 6. The molecule has 0 saturated carbocycles. The minimum atomic E-state index is -1.06. The molecule has 254 valence electrons. The Labute approximate surface area is 272 Å². The van der Waals surface area contributed by atoms with E-state index in [9.17, 15) is 38.7 Å². The Morgan fingerprint density at radius 3 is 1.66 bits per heavy atom. The van der Waals surface area contributed by atoms with E-state index >= 15 is 0 Å². The van der Waals surface area contributed by atoms with Crippen LogP contribution in [0, 0.1) is 0 Å². The maximum atomic E-state index is 13.6. The van der Waals surface area contributed by atoms with Gasteiger partial charge in [0.15, 0.2) is 0 Å². The number of carbonyl (C=O) groups is 7. The lowest BCUT2D eigenvalue weighted by Crippen LogP contribution is -2.55. The average Bonchev–Trinajstić information content (AvgIpc) is 3.91. The van der Waals surface area contributed by atoms with Crippen molar-refractivity contribution in [1.82, 2.24) is 30.2 Å². The van der Waals surface area contributed by atoms with Gasteiger partial charge in [0.05, 0.1) is 6.54 Å². The monoisotopic (exact) mass is 654 g/mol. The molecule has 47 heavy (non-hydrogen) atoms. The summed E-state index contributed by atoms with van der Waals surface area (Å²) >= 11 is 0. The first-order valence-corrected chi connectivity index (χ1v) is 16.3. The summed E-state index contributed by atoms with van der Waals surface area (Å²) in [6.45, 7) is 0.695. The molecule has 4 heterocycles. The number of alkyl carbamates (subject to hydrolysis) is 1. The van der Waals surface area contributed by atoms with Crippen LogP contribution in [-0.2, 0) is 40.1 Å². The largest absolute Gasteiger partial charge is 0.480 e. The topological polar surface area (TPSA) is 186 Å². The lowest BCUT2D eigenvalue weighted by molar-refractivity contribution is -0.151. The number of carbonyl (C=O) groups excluding carboxylic acids is 6. The molecule has 1 aromatic carbocycles. The molecule has 5 rings (SSSR count). The van der Waals surface area contributed by atoms with Crippen LogP contribution < -0.4 is 10.6 Å². The van der Waals surface area contributed by atoms with E-state index in [1.54, 1.807) is 0 Å². The summed E-state index contributed by atoms with van der Waals surface area (Å²) in [4.78, 5) is 95.5. The molecule has 1 aromatic rings. The number of ether oxygens (including phenoxy) is 1. The Morgan fingerprint density at radius 1 is 0.638 bits per heavy atom. The summed E-state index contributed by atoms with van der Waals surface area (Å²) in [6, 6.07) is 5.87. The third-order valence-corrected chi connectivity index (χ3v) is 9.39. The molecule has 4 atom stereocenters. The molecule has 4 saturated heterocycles. The summed E-state index contributed by atoms with van der Waals surface area (Å²) in [5.74, 6) is -3.16. The Hall–Kier alpha value is -4.69. The molecule has 0 aromatic heterocycles. The van der Waals surface area contributed by atoms with Crippen molar-refractivity contribution in [2.45, 2.75) is 82.1 Å². The quantitative estimate of drug-likeness (QED) is 0.314. The molecule has 4 fully saturated rings. The number of rotatable bonds is 10. The van der Waals surface area contributed by atoms with Crippen molar-refractivity contribution < 1.29 is 43.4 Å². The van der Waals surface area contributed by atoms with Crippen molar-refractivity contribution in [2.75, 3.05) is 39.3 Å². The fourth-order valence-corrected chi connectivity index (χ4v) is 7.02. The minimum Gasteiger partial charge on any atom is -0.480 e. The second-order valence-corrected chi connectivity index (χ2v) is 12.3. The van der Waals surface area contributed by atoms with Gasteiger partial charge in [-0.05, 0) is 56.9 Å². The van der Waals surface area contributed by atoms with Gasteiger partial charge in [0, 0.05) is 26.2 Å².